The first-order valence-electron chi connectivity index (χ1n) is 6.04. The molecular formula is C14H21FN2O. The van der Waals surface area contributed by atoms with Gasteiger partial charge in [-0.05, 0) is 18.4 Å². The predicted molar refractivity (Wildman–Crippen MR) is 70.4 cm³/mol. The predicted octanol–water partition coefficient (Wildman–Crippen LogP) is 2.38. The Morgan fingerprint density at radius 2 is 1.89 bits per heavy atom. The van der Waals surface area contributed by atoms with E-state index in [1.165, 1.54) is 6.07 Å². The molecule has 1 rings (SSSR count). The molecule has 1 unspecified atom stereocenters. The summed E-state index contributed by atoms with van der Waals surface area (Å²) in [6.45, 7) is 7.42. The van der Waals surface area contributed by atoms with E-state index < -0.39 is 12.1 Å². The van der Waals surface area contributed by atoms with E-state index in [1.807, 2.05) is 20.8 Å². The van der Waals surface area contributed by atoms with E-state index in [4.69, 9.17) is 5.73 Å². The van der Waals surface area contributed by atoms with E-state index in [2.05, 4.69) is 5.32 Å². The molecule has 0 fully saturated rings. The minimum Gasteiger partial charge on any atom is -0.348 e. The van der Waals surface area contributed by atoms with Crippen LogP contribution in [0.25, 0.3) is 0 Å². The molecular weight excluding hydrogens is 231 g/mol. The molecule has 0 aromatic heterocycles. The Labute approximate surface area is 108 Å². The van der Waals surface area contributed by atoms with Crippen LogP contribution in [0.3, 0.4) is 0 Å². The standard InChI is InChI=1S/C14H21FN2O/c1-9(10-7-5-6-8-11(10)15)17-13(18)12(16)14(2,3)4/h5-9,12H,16H2,1-4H3,(H,17,18)/t9?,12-/m1/s1. The van der Waals surface area contributed by atoms with E-state index in [1.54, 1.807) is 25.1 Å². The smallest absolute Gasteiger partial charge is 0.237 e. The van der Waals surface area contributed by atoms with Crippen molar-refractivity contribution >= 4 is 5.91 Å². The maximum absolute atomic E-state index is 13.5. The first-order chi connectivity index (χ1) is 8.23. The minimum atomic E-state index is -0.619. The SMILES string of the molecule is CC(NC(=O)[C@@H](N)C(C)(C)C)c1ccccc1F. The van der Waals surface area contributed by atoms with Gasteiger partial charge in [0.2, 0.25) is 5.91 Å². The average molecular weight is 252 g/mol. The molecule has 0 spiro atoms. The van der Waals surface area contributed by atoms with Crippen LogP contribution in [0.1, 0.15) is 39.3 Å². The molecule has 0 bridgehead atoms. The van der Waals surface area contributed by atoms with Crippen molar-refractivity contribution < 1.29 is 9.18 Å². The Morgan fingerprint density at radius 1 is 1.33 bits per heavy atom. The lowest BCUT2D eigenvalue weighted by atomic mass is 9.86. The maximum Gasteiger partial charge on any atom is 0.237 e. The van der Waals surface area contributed by atoms with Gasteiger partial charge in [-0.2, -0.15) is 0 Å². The lowest BCUT2D eigenvalue weighted by Crippen LogP contribution is -2.49. The molecule has 0 aliphatic heterocycles. The largest absolute Gasteiger partial charge is 0.348 e. The third-order valence-corrected chi connectivity index (χ3v) is 2.95. The van der Waals surface area contributed by atoms with Crippen LogP contribution >= 0.6 is 0 Å². The van der Waals surface area contributed by atoms with Gasteiger partial charge in [0.15, 0.2) is 0 Å². The molecule has 0 radical (unpaired) electrons. The van der Waals surface area contributed by atoms with Gasteiger partial charge < -0.3 is 11.1 Å². The van der Waals surface area contributed by atoms with Gasteiger partial charge in [-0.25, -0.2) is 4.39 Å². The van der Waals surface area contributed by atoms with E-state index in [9.17, 15) is 9.18 Å². The topological polar surface area (TPSA) is 55.1 Å². The molecule has 3 nitrogen and oxygen atoms in total. The second kappa shape index (κ2) is 5.48. The Kier molecular flexibility index (Phi) is 4.46. The van der Waals surface area contributed by atoms with Gasteiger partial charge in [-0.1, -0.05) is 39.0 Å². The Balaban J connectivity index is 2.75. The van der Waals surface area contributed by atoms with E-state index in [0.717, 1.165) is 0 Å². The van der Waals surface area contributed by atoms with E-state index in [-0.39, 0.29) is 17.1 Å². The van der Waals surface area contributed by atoms with Crippen LogP contribution in [0.2, 0.25) is 0 Å². The minimum absolute atomic E-state index is 0.266. The van der Waals surface area contributed by atoms with Gasteiger partial charge in [0.25, 0.3) is 0 Å². The summed E-state index contributed by atoms with van der Waals surface area (Å²) in [7, 11) is 0. The fraction of sp³-hybridized carbons (Fsp3) is 0.500. The van der Waals surface area contributed by atoms with E-state index >= 15 is 0 Å². The summed E-state index contributed by atoms with van der Waals surface area (Å²) < 4.78 is 13.5. The highest BCUT2D eigenvalue weighted by Crippen LogP contribution is 2.20. The monoisotopic (exact) mass is 252 g/mol. The van der Waals surface area contributed by atoms with Gasteiger partial charge in [0, 0.05) is 5.56 Å². The van der Waals surface area contributed by atoms with Gasteiger partial charge >= 0.3 is 0 Å². The van der Waals surface area contributed by atoms with Crippen molar-refractivity contribution in [2.45, 2.75) is 39.8 Å². The number of hydrogen-bond donors (Lipinski definition) is 2. The molecule has 4 heteroatoms. The van der Waals surface area contributed by atoms with Crippen LogP contribution in [0, 0.1) is 11.2 Å². The van der Waals surface area contributed by atoms with Gasteiger partial charge in [0.05, 0.1) is 12.1 Å². The number of nitrogens with two attached hydrogens (primary N) is 1. The van der Waals surface area contributed by atoms with Gasteiger partial charge in [-0.15, -0.1) is 0 Å². The van der Waals surface area contributed by atoms with E-state index in [0.29, 0.717) is 5.56 Å². The third kappa shape index (κ3) is 3.53. The zero-order valence-electron chi connectivity index (χ0n) is 11.3. The van der Waals surface area contributed by atoms with Crippen molar-refractivity contribution in [3.8, 4) is 0 Å². The molecule has 0 aliphatic carbocycles. The summed E-state index contributed by atoms with van der Waals surface area (Å²) in [6.07, 6.45) is 0. The quantitative estimate of drug-likeness (QED) is 0.867. The first-order valence-corrected chi connectivity index (χ1v) is 6.04. The molecule has 0 aliphatic rings. The van der Waals surface area contributed by atoms with Crippen LogP contribution in [0.15, 0.2) is 24.3 Å². The third-order valence-electron chi connectivity index (χ3n) is 2.95. The summed E-state index contributed by atoms with van der Waals surface area (Å²) in [5, 5.41) is 2.74. The number of rotatable bonds is 3. The summed E-state index contributed by atoms with van der Waals surface area (Å²) >= 11 is 0. The number of carbonyl (C=O) groups is 1. The molecule has 0 heterocycles. The maximum atomic E-state index is 13.5. The van der Waals surface area contributed by atoms with Crippen LogP contribution < -0.4 is 11.1 Å². The summed E-state index contributed by atoms with van der Waals surface area (Å²) in [5.74, 6) is -0.590. The Hall–Kier alpha value is -1.42. The fourth-order valence-electron chi connectivity index (χ4n) is 1.60. The second-order valence-corrected chi connectivity index (χ2v) is 5.60. The number of nitrogens with one attached hydrogen (secondary N) is 1. The lowest BCUT2D eigenvalue weighted by Gasteiger charge is -2.27. The van der Waals surface area contributed by atoms with Crippen molar-refractivity contribution in [3.63, 3.8) is 0 Å². The summed E-state index contributed by atoms with van der Waals surface area (Å²) in [5.41, 5.74) is 6.00. The van der Waals surface area contributed by atoms with Crippen molar-refractivity contribution in [3.05, 3.63) is 35.6 Å². The van der Waals surface area contributed by atoms with Crippen LogP contribution in [-0.4, -0.2) is 11.9 Å². The lowest BCUT2D eigenvalue weighted by molar-refractivity contribution is -0.125. The molecule has 1 amide bonds. The zero-order chi connectivity index (χ0) is 13.9. The molecule has 1 aromatic rings. The van der Waals surface area contributed by atoms with Gasteiger partial charge in [0.1, 0.15) is 5.82 Å². The van der Waals surface area contributed by atoms with Crippen molar-refractivity contribution in [1.82, 2.24) is 5.32 Å². The molecule has 1 aromatic carbocycles. The highest BCUT2D eigenvalue weighted by atomic mass is 19.1. The van der Waals surface area contributed by atoms with Crippen molar-refractivity contribution in [2.75, 3.05) is 0 Å². The van der Waals surface area contributed by atoms with Crippen molar-refractivity contribution in [2.24, 2.45) is 11.1 Å². The summed E-state index contributed by atoms with van der Waals surface area (Å²) in [6, 6.07) is 5.38. The zero-order valence-corrected chi connectivity index (χ0v) is 11.3. The molecule has 18 heavy (non-hydrogen) atoms. The molecule has 2 atom stereocenters. The van der Waals surface area contributed by atoms with Crippen LogP contribution in [-0.2, 0) is 4.79 Å². The average Bonchev–Trinajstić information content (AvgIpc) is 2.27. The number of hydrogen-bond acceptors (Lipinski definition) is 2. The number of halogens is 1. The Bertz CT molecular complexity index is 426. The molecule has 0 saturated carbocycles. The highest BCUT2D eigenvalue weighted by molar-refractivity contribution is 5.82. The summed E-state index contributed by atoms with van der Waals surface area (Å²) in [4.78, 5) is 11.9. The van der Waals surface area contributed by atoms with Crippen LogP contribution in [0.5, 0.6) is 0 Å². The fourth-order valence-corrected chi connectivity index (χ4v) is 1.60. The molecule has 0 saturated heterocycles. The second-order valence-electron chi connectivity index (χ2n) is 5.60. The normalized spacial score (nSPS) is 15.0. The van der Waals surface area contributed by atoms with Crippen LogP contribution in [0.4, 0.5) is 4.39 Å². The molecule has 100 valence electrons. The van der Waals surface area contributed by atoms with Gasteiger partial charge in [-0.3, -0.25) is 4.79 Å². The Morgan fingerprint density at radius 3 is 2.39 bits per heavy atom. The molecule has 3 N–H and O–H groups in total. The van der Waals surface area contributed by atoms with Crippen molar-refractivity contribution in [1.29, 1.82) is 0 Å². The first kappa shape index (κ1) is 14.6. The number of benzene rings is 1. The number of carbonyl (C=O) groups excluding carboxylic acids is 1. The highest BCUT2D eigenvalue weighted by Gasteiger charge is 2.28. The number of amides is 1.